The summed E-state index contributed by atoms with van der Waals surface area (Å²) in [5, 5.41) is 0.484. The zero-order valence-corrected chi connectivity index (χ0v) is 10.3. The maximum Gasteiger partial charge on any atom is 0.387 e. The highest BCUT2D eigenvalue weighted by molar-refractivity contribution is 9.08. The summed E-state index contributed by atoms with van der Waals surface area (Å²) >= 11 is 3.21. The number of hydrogen-bond acceptors (Lipinski definition) is 2. The van der Waals surface area contributed by atoms with E-state index >= 15 is 0 Å². The van der Waals surface area contributed by atoms with Crippen molar-refractivity contribution in [2.45, 2.75) is 25.3 Å². The average molecular weight is 293 g/mol. The van der Waals surface area contributed by atoms with Crippen LogP contribution >= 0.6 is 15.9 Å². The first-order valence-corrected chi connectivity index (χ1v) is 5.87. The minimum atomic E-state index is -2.88. The Morgan fingerprint density at radius 2 is 2.12 bits per heavy atom. The van der Waals surface area contributed by atoms with Gasteiger partial charge in [0, 0.05) is 17.3 Å². The Morgan fingerprint density at radius 1 is 1.44 bits per heavy atom. The number of Topliss-reactive ketones (excluding diaryl/α,β-unsaturated/α-hetero) is 1. The lowest BCUT2D eigenvalue weighted by Crippen LogP contribution is -2.04. The van der Waals surface area contributed by atoms with E-state index in [1.165, 1.54) is 12.1 Å². The van der Waals surface area contributed by atoms with E-state index in [1.807, 2.05) is 0 Å². The largest absolute Gasteiger partial charge is 0.435 e. The first kappa shape index (κ1) is 13.1. The molecule has 0 fully saturated rings. The Bertz CT molecular complexity index is 380. The normalized spacial score (nSPS) is 10.6. The van der Waals surface area contributed by atoms with Crippen molar-refractivity contribution in [3.8, 4) is 5.75 Å². The van der Waals surface area contributed by atoms with E-state index in [0.29, 0.717) is 17.3 Å². The predicted molar refractivity (Wildman–Crippen MR) is 60.3 cm³/mol. The molecule has 1 aromatic carbocycles. The lowest BCUT2D eigenvalue weighted by atomic mass is 10.1. The molecule has 0 amide bonds. The summed E-state index contributed by atoms with van der Waals surface area (Å²) in [5.74, 6) is -0.0781. The third kappa shape index (κ3) is 3.56. The van der Waals surface area contributed by atoms with Crippen molar-refractivity contribution in [1.82, 2.24) is 0 Å². The van der Waals surface area contributed by atoms with Gasteiger partial charge in [0.1, 0.15) is 5.75 Å². The van der Waals surface area contributed by atoms with Gasteiger partial charge in [-0.2, -0.15) is 8.78 Å². The maximum atomic E-state index is 12.1. The zero-order chi connectivity index (χ0) is 12.1. The molecule has 0 aliphatic rings. The fourth-order valence-corrected chi connectivity index (χ4v) is 1.60. The van der Waals surface area contributed by atoms with Crippen LogP contribution in [-0.4, -0.2) is 12.4 Å². The van der Waals surface area contributed by atoms with Gasteiger partial charge in [0.05, 0.1) is 0 Å². The second-order valence-corrected chi connectivity index (χ2v) is 3.72. The minimum Gasteiger partial charge on any atom is -0.435 e. The summed E-state index contributed by atoms with van der Waals surface area (Å²) < 4.78 is 28.4. The average Bonchev–Trinajstić information content (AvgIpc) is 2.26. The van der Waals surface area contributed by atoms with Gasteiger partial charge in [0.15, 0.2) is 5.78 Å². The third-order valence-corrected chi connectivity index (χ3v) is 2.64. The summed E-state index contributed by atoms with van der Waals surface area (Å²) in [5.41, 5.74) is 1.13. The quantitative estimate of drug-likeness (QED) is 0.610. The summed E-state index contributed by atoms with van der Waals surface area (Å²) in [6.07, 6.45) is 0.333. The monoisotopic (exact) mass is 292 g/mol. The van der Waals surface area contributed by atoms with Crippen molar-refractivity contribution in [3.05, 3.63) is 29.3 Å². The Balaban J connectivity index is 3.05. The number of ether oxygens (including phenoxy) is 1. The second-order valence-electron chi connectivity index (χ2n) is 3.15. The lowest BCUT2D eigenvalue weighted by Gasteiger charge is -2.08. The molecule has 0 aromatic heterocycles. The van der Waals surface area contributed by atoms with Crippen molar-refractivity contribution in [1.29, 1.82) is 0 Å². The van der Waals surface area contributed by atoms with Crippen LogP contribution in [0.3, 0.4) is 0 Å². The SMILES string of the molecule is CCC(=O)c1cc(CBr)cc(OC(F)F)c1. The summed E-state index contributed by atoms with van der Waals surface area (Å²) in [6, 6.07) is 4.48. The molecular weight excluding hydrogens is 282 g/mol. The molecular formula is C11H11BrF2O2. The Morgan fingerprint density at radius 3 is 2.62 bits per heavy atom. The van der Waals surface area contributed by atoms with Crippen molar-refractivity contribution in [3.63, 3.8) is 0 Å². The maximum absolute atomic E-state index is 12.1. The minimum absolute atomic E-state index is 0.0174. The standard InChI is InChI=1S/C11H11BrF2O2/c1-2-10(15)8-3-7(6-12)4-9(5-8)16-11(13)14/h3-5,11H,2,6H2,1H3. The van der Waals surface area contributed by atoms with Crippen molar-refractivity contribution < 1.29 is 18.3 Å². The highest BCUT2D eigenvalue weighted by Crippen LogP contribution is 2.21. The lowest BCUT2D eigenvalue weighted by molar-refractivity contribution is -0.0499. The molecule has 0 spiro atoms. The molecule has 0 unspecified atom stereocenters. The smallest absolute Gasteiger partial charge is 0.387 e. The number of rotatable bonds is 5. The number of ketones is 1. The molecule has 1 rings (SSSR count). The molecule has 0 bridgehead atoms. The van der Waals surface area contributed by atoms with Crippen LogP contribution in [0.25, 0.3) is 0 Å². The highest BCUT2D eigenvalue weighted by Gasteiger charge is 2.10. The number of carbonyl (C=O) groups is 1. The first-order valence-electron chi connectivity index (χ1n) is 4.74. The van der Waals surface area contributed by atoms with E-state index in [1.54, 1.807) is 13.0 Å². The van der Waals surface area contributed by atoms with Gasteiger partial charge >= 0.3 is 6.61 Å². The number of hydrogen-bond donors (Lipinski definition) is 0. The van der Waals surface area contributed by atoms with Gasteiger partial charge in [-0.3, -0.25) is 4.79 Å². The van der Waals surface area contributed by atoms with Gasteiger partial charge < -0.3 is 4.74 Å². The Kier molecular flexibility index (Phi) is 4.86. The molecule has 0 aliphatic carbocycles. The predicted octanol–water partition coefficient (Wildman–Crippen LogP) is 3.78. The van der Waals surface area contributed by atoms with Crippen LogP contribution in [0.1, 0.15) is 29.3 Å². The van der Waals surface area contributed by atoms with Crippen LogP contribution in [0.15, 0.2) is 18.2 Å². The van der Waals surface area contributed by atoms with Gasteiger partial charge in [-0.05, 0) is 23.8 Å². The fraction of sp³-hybridized carbons (Fsp3) is 0.364. The number of benzene rings is 1. The molecule has 0 atom stereocenters. The van der Waals surface area contributed by atoms with Gasteiger partial charge in [-0.25, -0.2) is 0 Å². The van der Waals surface area contributed by atoms with E-state index in [-0.39, 0.29) is 11.5 Å². The first-order chi connectivity index (χ1) is 7.56. The van der Waals surface area contributed by atoms with Crippen LogP contribution in [-0.2, 0) is 5.33 Å². The van der Waals surface area contributed by atoms with E-state index in [9.17, 15) is 13.6 Å². The second kappa shape index (κ2) is 5.94. The molecule has 0 aliphatic heterocycles. The Hall–Kier alpha value is -0.970. The zero-order valence-electron chi connectivity index (χ0n) is 8.67. The third-order valence-electron chi connectivity index (χ3n) is 1.99. The Labute approximate surface area is 101 Å². The van der Waals surface area contributed by atoms with E-state index in [4.69, 9.17) is 0 Å². The van der Waals surface area contributed by atoms with E-state index in [0.717, 1.165) is 5.56 Å². The van der Waals surface area contributed by atoms with Gasteiger partial charge in [-0.15, -0.1) is 0 Å². The molecule has 88 valence electrons. The molecule has 0 saturated carbocycles. The molecule has 0 N–H and O–H groups in total. The molecule has 5 heteroatoms. The van der Waals surface area contributed by atoms with Crippen molar-refractivity contribution in [2.24, 2.45) is 0 Å². The van der Waals surface area contributed by atoms with E-state index in [2.05, 4.69) is 20.7 Å². The molecule has 2 nitrogen and oxygen atoms in total. The summed E-state index contributed by atoms with van der Waals surface area (Å²) in [4.78, 5) is 11.5. The van der Waals surface area contributed by atoms with Crippen molar-refractivity contribution in [2.75, 3.05) is 0 Å². The van der Waals surface area contributed by atoms with Crippen LogP contribution in [0, 0.1) is 0 Å². The number of carbonyl (C=O) groups excluding carboxylic acids is 1. The topological polar surface area (TPSA) is 26.3 Å². The fourth-order valence-electron chi connectivity index (χ4n) is 1.27. The van der Waals surface area contributed by atoms with E-state index < -0.39 is 6.61 Å². The number of alkyl halides is 3. The van der Waals surface area contributed by atoms with Gasteiger partial charge in [-0.1, -0.05) is 22.9 Å². The molecule has 1 aromatic rings. The van der Waals surface area contributed by atoms with Crippen molar-refractivity contribution >= 4 is 21.7 Å². The van der Waals surface area contributed by atoms with Gasteiger partial charge in [0.2, 0.25) is 0 Å². The highest BCUT2D eigenvalue weighted by atomic mass is 79.9. The van der Waals surface area contributed by atoms with Crippen LogP contribution in [0.2, 0.25) is 0 Å². The van der Waals surface area contributed by atoms with Crippen LogP contribution in [0.4, 0.5) is 8.78 Å². The number of halogens is 3. The van der Waals surface area contributed by atoms with Crippen LogP contribution < -0.4 is 4.74 Å². The molecule has 16 heavy (non-hydrogen) atoms. The summed E-state index contributed by atoms with van der Waals surface area (Å²) in [7, 11) is 0. The molecule has 0 saturated heterocycles. The van der Waals surface area contributed by atoms with Gasteiger partial charge in [0.25, 0.3) is 0 Å². The van der Waals surface area contributed by atoms with Crippen LogP contribution in [0.5, 0.6) is 5.75 Å². The molecule has 0 radical (unpaired) electrons. The summed E-state index contributed by atoms with van der Waals surface area (Å²) in [6.45, 7) is -1.16. The molecule has 0 heterocycles.